The highest BCUT2D eigenvalue weighted by Crippen LogP contribution is 2.32. The second-order valence-corrected chi connectivity index (χ2v) is 3.45. The molecule has 0 spiro atoms. The first-order valence-corrected chi connectivity index (χ1v) is 3.75. The maximum absolute atomic E-state index is 4.25. The Morgan fingerprint density at radius 3 is 2.57 bits per heavy atom. The standard InChI is InChI=1S/C5H8S2/c1-4-5(6)2-3-7-4/h6H,2-3H2,1H3. The molecule has 0 aliphatic carbocycles. The summed E-state index contributed by atoms with van der Waals surface area (Å²) in [6, 6.07) is 0. The number of allylic oxidation sites excluding steroid dienone is 2. The summed E-state index contributed by atoms with van der Waals surface area (Å²) in [4.78, 5) is 2.69. The molecule has 0 radical (unpaired) electrons. The summed E-state index contributed by atoms with van der Waals surface area (Å²) in [5, 5.41) is 0. The molecule has 0 aromatic heterocycles. The first kappa shape index (κ1) is 5.57. The van der Waals surface area contributed by atoms with Crippen LogP contribution < -0.4 is 0 Å². The molecular weight excluding hydrogens is 124 g/mol. The van der Waals surface area contributed by atoms with E-state index in [1.54, 1.807) is 0 Å². The molecule has 2 heteroatoms. The van der Waals surface area contributed by atoms with E-state index in [1.165, 1.54) is 22.0 Å². The van der Waals surface area contributed by atoms with Gasteiger partial charge in [0.05, 0.1) is 0 Å². The zero-order valence-corrected chi connectivity index (χ0v) is 5.98. The Morgan fingerprint density at radius 1 is 1.71 bits per heavy atom. The van der Waals surface area contributed by atoms with Crippen LogP contribution in [0.5, 0.6) is 0 Å². The SMILES string of the molecule is CC1=C(S)CCS1. The van der Waals surface area contributed by atoms with Crippen LogP contribution in [-0.4, -0.2) is 5.75 Å². The fourth-order valence-corrected chi connectivity index (χ4v) is 1.90. The van der Waals surface area contributed by atoms with Gasteiger partial charge in [-0.1, -0.05) is 0 Å². The van der Waals surface area contributed by atoms with Crippen LogP contribution in [0.1, 0.15) is 13.3 Å². The molecule has 0 bridgehead atoms. The number of thioether (sulfide) groups is 1. The predicted molar refractivity (Wildman–Crippen MR) is 38.8 cm³/mol. The Balaban J connectivity index is 2.64. The Bertz CT molecular complexity index is 92.6. The van der Waals surface area contributed by atoms with Crippen molar-refractivity contribution in [1.82, 2.24) is 0 Å². The molecule has 40 valence electrons. The quantitative estimate of drug-likeness (QED) is 0.493. The minimum absolute atomic E-state index is 1.18. The van der Waals surface area contributed by atoms with E-state index in [0.717, 1.165) is 0 Å². The van der Waals surface area contributed by atoms with Gasteiger partial charge in [-0.3, -0.25) is 0 Å². The molecule has 1 aliphatic rings. The van der Waals surface area contributed by atoms with E-state index in [2.05, 4.69) is 19.6 Å². The average Bonchev–Trinajstić information content (AvgIpc) is 1.91. The van der Waals surface area contributed by atoms with Crippen molar-refractivity contribution in [2.75, 3.05) is 5.75 Å². The lowest BCUT2D eigenvalue weighted by molar-refractivity contribution is 1.24. The van der Waals surface area contributed by atoms with Crippen molar-refractivity contribution in [2.45, 2.75) is 13.3 Å². The molecule has 0 fully saturated rings. The van der Waals surface area contributed by atoms with E-state index < -0.39 is 0 Å². The van der Waals surface area contributed by atoms with E-state index in [0.29, 0.717) is 0 Å². The van der Waals surface area contributed by atoms with Crippen LogP contribution in [0.2, 0.25) is 0 Å². The predicted octanol–water partition coefficient (Wildman–Crippen LogP) is 2.28. The highest BCUT2D eigenvalue weighted by Gasteiger charge is 2.05. The molecule has 0 unspecified atom stereocenters. The van der Waals surface area contributed by atoms with Crippen LogP contribution in [0.4, 0.5) is 0 Å². The minimum atomic E-state index is 1.18. The van der Waals surface area contributed by atoms with Crippen LogP contribution in [0, 0.1) is 0 Å². The van der Waals surface area contributed by atoms with Crippen molar-refractivity contribution in [3.05, 3.63) is 9.81 Å². The summed E-state index contributed by atoms with van der Waals surface area (Å²) in [6.07, 6.45) is 1.18. The maximum atomic E-state index is 4.25. The highest BCUT2D eigenvalue weighted by atomic mass is 32.2. The first-order valence-electron chi connectivity index (χ1n) is 2.32. The monoisotopic (exact) mass is 132 g/mol. The molecule has 0 aromatic rings. The number of hydrogen-bond donors (Lipinski definition) is 1. The Morgan fingerprint density at radius 2 is 2.43 bits per heavy atom. The van der Waals surface area contributed by atoms with Crippen LogP contribution in [0.3, 0.4) is 0 Å². The zero-order valence-electron chi connectivity index (χ0n) is 4.27. The minimum Gasteiger partial charge on any atom is -0.147 e. The molecule has 1 rings (SSSR count). The number of hydrogen-bond acceptors (Lipinski definition) is 2. The lowest BCUT2D eigenvalue weighted by Crippen LogP contribution is -1.63. The van der Waals surface area contributed by atoms with Gasteiger partial charge in [-0.15, -0.1) is 24.4 Å². The fraction of sp³-hybridized carbons (Fsp3) is 0.600. The summed E-state index contributed by atoms with van der Waals surface area (Å²) >= 11 is 6.15. The Hall–Kier alpha value is 0.440. The summed E-state index contributed by atoms with van der Waals surface area (Å²) < 4.78 is 0. The number of thiol groups is 1. The second kappa shape index (κ2) is 2.14. The van der Waals surface area contributed by atoms with Gasteiger partial charge in [0.15, 0.2) is 0 Å². The van der Waals surface area contributed by atoms with E-state index >= 15 is 0 Å². The smallest absolute Gasteiger partial charge is 0.00227 e. The van der Waals surface area contributed by atoms with Crippen LogP contribution in [0.15, 0.2) is 9.81 Å². The van der Waals surface area contributed by atoms with Crippen molar-refractivity contribution in [1.29, 1.82) is 0 Å². The lowest BCUT2D eigenvalue weighted by atomic mass is 10.4. The molecule has 7 heavy (non-hydrogen) atoms. The van der Waals surface area contributed by atoms with E-state index in [-0.39, 0.29) is 0 Å². The molecule has 0 amide bonds. The van der Waals surface area contributed by atoms with Crippen LogP contribution in [0.25, 0.3) is 0 Å². The van der Waals surface area contributed by atoms with E-state index in [4.69, 9.17) is 0 Å². The molecule has 0 saturated carbocycles. The molecule has 0 aromatic carbocycles. The van der Waals surface area contributed by atoms with Gasteiger partial charge in [-0.2, -0.15) is 0 Å². The molecule has 1 aliphatic heterocycles. The van der Waals surface area contributed by atoms with Gasteiger partial charge in [0, 0.05) is 5.75 Å². The summed E-state index contributed by atoms with van der Waals surface area (Å²) in [5.41, 5.74) is 0. The van der Waals surface area contributed by atoms with Gasteiger partial charge < -0.3 is 0 Å². The Labute approximate surface area is 53.8 Å². The lowest BCUT2D eigenvalue weighted by Gasteiger charge is -1.85. The molecular formula is C5H8S2. The van der Waals surface area contributed by atoms with Crippen molar-refractivity contribution >= 4 is 24.4 Å². The van der Waals surface area contributed by atoms with E-state index in [9.17, 15) is 0 Å². The zero-order chi connectivity index (χ0) is 5.28. The summed E-state index contributed by atoms with van der Waals surface area (Å²) in [5.74, 6) is 1.24. The summed E-state index contributed by atoms with van der Waals surface area (Å²) in [7, 11) is 0. The van der Waals surface area contributed by atoms with Gasteiger partial charge in [0.2, 0.25) is 0 Å². The molecule has 0 atom stereocenters. The van der Waals surface area contributed by atoms with Gasteiger partial charge in [0.25, 0.3) is 0 Å². The fourth-order valence-electron chi connectivity index (χ4n) is 0.560. The highest BCUT2D eigenvalue weighted by molar-refractivity contribution is 8.04. The third-order valence-electron chi connectivity index (χ3n) is 1.06. The van der Waals surface area contributed by atoms with Gasteiger partial charge in [0.1, 0.15) is 0 Å². The van der Waals surface area contributed by atoms with Crippen LogP contribution in [-0.2, 0) is 0 Å². The number of rotatable bonds is 0. The van der Waals surface area contributed by atoms with Crippen LogP contribution >= 0.6 is 24.4 Å². The third-order valence-corrected chi connectivity index (χ3v) is 2.86. The first-order chi connectivity index (χ1) is 3.30. The van der Waals surface area contributed by atoms with Crippen molar-refractivity contribution in [2.24, 2.45) is 0 Å². The average molecular weight is 132 g/mol. The largest absolute Gasteiger partial charge is 0.147 e. The van der Waals surface area contributed by atoms with Gasteiger partial charge in [-0.05, 0) is 23.2 Å². The topological polar surface area (TPSA) is 0 Å². The molecule has 0 nitrogen and oxygen atoms in total. The third kappa shape index (κ3) is 1.16. The Kier molecular flexibility index (Phi) is 1.70. The second-order valence-electron chi connectivity index (χ2n) is 1.60. The maximum Gasteiger partial charge on any atom is 0.00227 e. The molecule has 0 N–H and O–H groups in total. The molecule has 0 saturated heterocycles. The van der Waals surface area contributed by atoms with E-state index in [1.807, 2.05) is 11.8 Å². The van der Waals surface area contributed by atoms with Crippen molar-refractivity contribution in [3.8, 4) is 0 Å². The van der Waals surface area contributed by atoms with Gasteiger partial charge >= 0.3 is 0 Å². The van der Waals surface area contributed by atoms with Crippen molar-refractivity contribution < 1.29 is 0 Å². The summed E-state index contributed by atoms with van der Waals surface area (Å²) in [6.45, 7) is 2.12. The van der Waals surface area contributed by atoms with Gasteiger partial charge in [-0.25, -0.2) is 0 Å². The van der Waals surface area contributed by atoms with Crippen molar-refractivity contribution in [3.63, 3.8) is 0 Å². The molecule has 1 heterocycles. The normalized spacial score (nSPS) is 21.4.